The molecule has 0 saturated heterocycles. The van der Waals surface area contributed by atoms with Crippen LogP contribution in [0.4, 0.5) is 11.4 Å². The van der Waals surface area contributed by atoms with Crippen molar-refractivity contribution in [3.63, 3.8) is 0 Å². The van der Waals surface area contributed by atoms with E-state index >= 15 is 0 Å². The number of nitrogens with one attached hydrogen (secondary N) is 1. The highest BCUT2D eigenvalue weighted by Crippen LogP contribution is 2.32. The molecule has 0 fully saturated rings. The topological polar surface area (TPSA) is 107 Å². The first-order chi connectivity index (χ1) is 17.0. The van der Waals surface area contributed by atoms with Gasteiger partial charge in [-0.15, -0.1) is 0 Å². The van der Waals surface area contributed by atoms with Crippen LogP contribution in [0.3, 0.4) is 0 Å². The Kier molecular flexibility index (Phi) is 5.81. The van der Waals surface area contributed by atoms with E-state index in [9.17, 15) is 9.59 Å². The first kappa shape index (κ1) is 22.0. The third-order valence-electron chi connectivity index (χ3n) is 5.70. The smallest absolute Gasteiger partial charge is 0.338 e. The van der Waals surface area contributed by atoms with Crippen molar-refractivity contribution in [1.29, 1.82) is 0 Å². The van der Waals surface area contributed by atoms with E-state index in [1.807, 2.05) is 48.7 Å². The number of nitrogens with two attached hydrogens (primary N) is 1. The number of ether oxygens (including phenoxy) is 1. The van der Waals surface area contributed by atoms with Crippen molar-refractivity contribution in [2.24, 2.45) is 5.73 Å². The normalized spacial score (nSPS) is 10.9. The van der Waals surface area contributed by atoms with Gasteiger partial charge in [0.1, 0.15) is 0 Å². The van der Waals surface area contributed by atoms with E-state index in [2.05, 4.69) is 21.4 Å². The molecule has 2 heterocycles. The summed E-state index contributed by atoms with van der Waals surface area (Å²) in [5, 5.41) is 5.03. The maximum Gasteiger partial charge on any atom is 0.338 e. The van der Waals surface area contributed by atoms with Gasteiger partial charge in [-0.2, -0.15) is 0 Å². The second kappa shape index (κ2) is 9.23. The molecule has 35 heavy (non-hydrogen) atoms. The van der Waals surface area contributed by atoms with E-state index < -0.39 is 11.9 Å². The van der Waals surface area contributed by atoms with E-state index in [1.165, 1.54) is 6.20 Å². The summed E-state index contributed by atoms with van der Waals surface area (Å²) in [5.74, 6) is -1.02. The Labute approximate surface area is 201 Å². The number of benzene rings is 3. The molecule has 0 aliphatic heterocycles. The third-order valence-corrected chi connectivity index (χ3v) is 5.70. The molecular formula is C28H22N4O3. The number of carbonyl (C=O) groups is 2. The van der Waals surface area contributed by atoms with Crippen LogP contribution in [0.15, 0.2) is 85.2 Å². The minimum atomic E-state index is -0.605. The predicted molar refractivity (Wildman–Crippen MR) is 137 cm³/mol. The Morgan fingerprint density at radius 3 is 2.54 bits per heavy atom. The number of para-hydroxylation sites is 1. The van der Waals surface area contributed by atoms with Crippen molar-refractivity contribution < 1.29 is 14.3 Å². The number of carbonyl (C=O) groups excluding carboxylic acids is 2. The maximum atomic E-state index is 12.2. The molecule has 5 rings (SSSR count). The van der Waals surface area contributed by atoms with Gasteiger partial charge in [-0.25, -0.2) is 4.79 Å². The fraction of sp³-hybridized carbons (Fsp3) is 0.0714. The number of esters is 1. The van der Waals surface area contributed by atoms with E-state index in [0.29, 0.717) is 22.5 Å². The number of fused-ring (bicyclic) bond motifs is 2. The molecular weight excluding hydrogens is 440 g/mol. The van der Waals surface area contributed by atoms with Gasteiger partial charge in [0, 0.05) is 34.4 Å². The molecule has 0 aliphatic carbocycles. The SMILES string of the molecule is CCOC(=O)c1cccc(Nc2c(C(N)=O)cnc3cc(-c4cnc5ccccc5c4)ccc23)c1. The highest BCUT2D eigenvalue weighted by molar-refractivity contribution is 6.08. The van der Waals surface area contributed by atoms with Crippen LogP contribution >= 0.6 is 0 Å². The summed E-state index contributed by atoms with van der Waals surface area (Å²) in [7, 11) is 0. The van der Waals surface area contributed by atoms with Crippen molar-refractivity contribution >= 4 is 45.1 Å². The van der Waals surface area contributed by atoms with Crippen molar-refractivity contribution in [3.05, 3.63) is 96.3 Å². The largest absolute Gasteiger partial charge is 0.462 e. The van der Waals surface area contributed by atoms with Gasteiger partial charge in [0.15, 0.2) is 0 Å². The van der Waals surface area contributed by atoms with Crippen molar-refractivity contribution in [2.75, 3.05) is 11.9 Å². The van der Waals surface area contributed by atoms with Gasteiger partial charge < -0.3 is 15.8 Å². The molecule has 0 atom stereocenters. The first-order valence-electron chi connectivity index (χ1n) is 11.2. The number of hydrogen-bond donors (Lipinski definition) is 2. The summed E-state index contributed by atoms with van der Waals surface area (Å²) >= 11 is 0. The molecule has 0 bridgehead atoms. The van der Waals surface area contributed by atoms with E-state index in [0.717, 1.165) is 27.4 Å². The van der Waals surface area contributed by atoms with Gasteiger partial charge in [0.05, 0.1) is 34.5 Å². The first-order valence-corrected chi connectivity index (χ1v) is 11.2. The van der Waals surface area contributed by atoms with Gasteiger partial charge in [0.2, 0.25) is 0 Å². The van der Waals surface area contributed by atoms with Crippen LogP contribution in [-0.2, 0) is 4.74 Å². The maximum absolute atomic E-state index is 12.2. The summed E-state index contributed by atoms with van der Waals surface area (Å²) in [6.45, 7) is 2.04. The van der Waals surface area contributed by atoms with Crippen LogP contribution in [0.1, 0.15) is 27.6 Å². The zero-order valence-corrected chi connectivity index (χ0v) is 19.0. The molecule has 0 spiro atoms. The number of pyridine rings is 2. The van der Waals surface area contributed by atoms with Crippen LogP contribution < -0.4 is 11.1 Å². The Balaban J connectivity index is 1.57. The Hall–Kier alpha value is -4.78. The molecule has 2 aromatic heterocycles. The molecule has 3 N–H and O–H groups in total. The monoisotopic (exact) mass is 462 g/mol. The Morgan fingerprint density at radius 2 is 1.71 bits per heavy atom. The number of hydrogen-bond acceptors (Lipinski definition) is 6. The number of rotatable bonds is 6. The summed E-state index contributed by atoms with van der Waals surface area (Å²) in [6.07, 6.45) is 3.30. The fourth-order valence-corrected chi connectivity index (χ4v) is 4.01. The second-order valence-electron chi connectivity index (χ2n) is 7.99. The number of aromatic nitrogens is 2. The van der Waals surface area contributed by atoms with Crippen LogP contribution in [0, 0.1) is 0 Å². The minimum absolute atomic E-state index is 0.249. The van der Waals surface area contributed by atoms with Crippen molar-refractivity contribution in [2.45, 2.75) is 6.92 Å². The number of anilines is 2. The van der Waals surface area contributed by atoms with E-state index in [1.54, 1.807) is 31.2 Å². The van der Waals surface area contributed by atoms with Crippen LogP contribution in [0.2, 0.25) is 0 Å². The zero-order valence-electron chi connectivity index (χ0n) is 19.0. The highest BCUT2D eigenvalue weighted by Gasteiger charge is 2.16. The second-order valence-corrected chi connectivity index (χ2v) is 7.99. The van der Waals surface area contributed by atoms with Gasteiger partial charge in [0.25, 0.3) is 5.91 Å². The molecule has 172 valence electrons. The van der Waals surface area contributed by atoms with E-state index in [4.69, 9.17) is 10.5 Å². The number of amides is 1. The molecule has 5 aromatic rings. The Bertz CT molecular complexity index is 1600. The number of nitrogens with zero attached hydrogens (tertiary/aromatic N) is 2. The van der Waals surface area contributed by atoms with Crippen molar-refractivity contribution in [3.8, 4) is 11.1 Å². The van der Waals surface area contributed by atoms with Gasteiger partial charge >= 0.3 is 5.97 Å². The summed E-state index contributed by atoms with van der Waals surface area (Å²) in [4.78, 5) is 33.4. The predicted octanol–water partition coefficient (Wildman–Crippen LogP) is 5.47. The van der Waals surface area contributed by atoms with Crippen LogP contribution in [-0.4, -0.2) is 28.5 Å². The van der Waals surface area contributed by atoms with Crippen molar-refractivity contribution in [1.82, 2.24) is 9.97 Å². The standard InChI is InChI=1S/C28H22N4O3/c1-2-35-28(34)19-7-5-8-21(13-19)32-26-22-11-10-17(14-25(22)31-16-23(26)27(29)33)20-12-18-6-3-4-9-24(18)30-15-20/h3-16H,2H2,1H3,(H2,29,33)(H,31,32). The molecule has 0 aliphatic rings. The van der Waals surface area contributed by atoms with Gasteiger partial charge in [-0.1, -0.05) is 36.4 Å². The average molecular weight is 463 g/mol. The quantitative estimate of drug-likeness (QED) is 0.324. The molecule has 7 nitrogen and oxygen atoms in total. The molecule has 7 heteroatoms. The van der Waals surface area contributed by atoms with Gasteiger partial charge in [-0.05, 0) is 48.9 Å². The highest BCUT2D eigenvalue weighted by atomic mass is 16.5. The molecule has 0 unspecified atom stereocenters. The average Bonchev–Trinajstić information content (AvgIpc) is 2.88. The molecule has 1 amide bonds. The zero-order chi connectivity index (χ0) is 24.4. The lowest BCUT2D eigenvalue weighted by atomic mass is 10.0. The van der Waals surface area contributed by atoms with Crippen LogP contribution in [0.25, 0.3) is 32.9 Å². The lowest BCUT2D eigenvalue weighted by Gasteiger charge is -2.15. The fourth-order valence-electron chi connectivity index (χ4n) is 4.01. The summed E-state index contributed by atoms with van der Waals surface area (Å²) < 4.78 is 5.09. The lowest BCUT2D eigenvalue weighted by molar-refractivity contribution is 0.0526. The summed E-state index contributed by atoms with van der Waals surface area (Å²) in [5.41, 5.74) is 11.0. The van der Waals surface area contributed by atoms with Crippen LogP contribution in [0.5, 0.6) is 0 Å². The summed E-state index contributed by atoms with van der Waals surface area (Å²) in [6, 6.07) is 22.7. The molecule has 0 saturated carbocycles. The lowest BCUT2D eigenvalue weighted by Crippen LogP contribution is -2.14. The molecule has 0 radical (unpaired) electrons. The molecule has 3 aromatic carbocycles. The minimum Gasteiger partial charge on any atom is -0.462 e. The Morgan fingerprint density at radius 1 is 0.886 bits per heavy atom. The number of primary amides is 1. The van der Waals surface area contributed by atoms with Gasteiger partial charge in [-0.3, -0.25) is 14.8 Å². The third kappa shape index (κ3) is 4.39. The van der Waals surface area contributed by atoms with E-state index in [-0.39, 0.29) is 12.2 Å².